The van der Waals surface area contributed by atoms with Crippen LogP contribution in [0.2, 0.25) is 0 Å². The van der Waals surface area contributed by atoms with Crippen LogP contribution in [-0.4, -0.2) is 43.2 Å². The van der Waals surface area contributed by atoms with Gasteiger partial charge in [0.25, 0.3) is 0 Å². The van der Waals surface area contributed by atoms with Crippen molar-refractivity contribution in [2.45, 2.75) is 38.3 Å². The summed E-state index contributed by atoms with van der Waals surface area (Å²) in [5, 5.41) is 2.89. The molecule has 1 N–H and O–H groups in total. The third-order valence-electron chi connectivity index (χ3n) is 2.80. The number of carbonyl (C=O) groups is 1. The van der Waals surface area contributed by atoms with Crippen molar-refractivity contribution in [2.24, 2.45) is 0 Å². The molecule has 1 fully saturated rings. The molecule has 1 rings (SSSR count). The predicted molar refractivity (Wildman–Crippen MR) is 58.6 cm³/mol. The molecule has 3 nitrogen and oxygen atoms in total. The van der Waals surface area contributed by atoms with Gasteiger partial charge in [-0.15, -0.1) is 0 Å². The van der Waals surface area contributed by atoms with Gasteiger partial charge in [-0.1, -0.05) is 0 Å². The molecule has 1 heterocycles. The van der Waals surface area contributed by atoms with Gasteiger partial charge < -0.3 is 10.2 Å². The van der Waals surface area contributed by atoms with Crippen molar-refractivity contribution in [1.82, 2.24) is 10.2 Å². The summed E-state index contributed by atoms with van der Waals surface area (Å²) in [6, 6.07) is 0. The highest BCUT2D eigenvalue weighted by Gasteiger charge is 2.25. The van der Waals surface area contributed by atoms with E-state index in [1.165, 1.54) is 0 Å². The summed E-state index contributed by atoms with van der Waals surface area (Å²) in [4.78, 5) is 13.3. The predicted octanol–water partition coefficient (Wildman–Crippen LogP) is 1.93. The fourth-order valence-corrected chi connectivity index (χ4v) is 1.85. The lowest BCUT2D eigenvalue weighted by Crippen LogP contribution is -2.36. The molecule has 0 bridgehead atoms. The number of likely N-dealkylation sites (tertiary alicyclic amines) is 1. The average molecular weight is 252 g/mol. The molecule has 0 aliphatic carbocycles. The van der Waals surface area contributed by atoms with Crippen LogP contribution in [0.5, 0.6) is 0 Å². The Hall–Kier alpha value is -0.780. The first-order valence-electron chi connectivity index (χ1n) is 6.04. The number of halogens is 3. The Kier molecular flexibility index (Phi) is 5.74. The first-order valence-corrected chi connectivity index (χ1v) is 6.04. The molecule has 0 aromatic carbocycles. The molecule has 100 valence electrons. The first kappa shape index (κ1) is 14.3. The average Bonchev–Trinajstić information content (AvgIpc) is 2.74. The Bertz CT molecular complexity index is 237. The topological polar surface area (TPSA) is 32.3 Å². The van der Waals surface area contributed by atoms with Gasteiger partial charge in [0.2, 0.25) is 5.91 Å². The van der Waals surface area contributed by atoms with Crippen molar-refractivity contribution in [2.75, 3.05) is 26.2 Å². The minimum atomic E-state index is -4.06. The van der Waals surface area contributed by atoms with E-state index in [4.69, 9.17) is 0 Å². The van der Waals surface area contributed by atoms with Gasteiger partial charge in [-0.05, 0) is 32.2 Å². The second-order valence-corrected chi connectivity index (χ2v) is 4.34. The molecule has 0 saturated carbocycles. The molecule has 0 spiro atoms. The van der Waals surface area contributed by atoms with Gasteiger partial charge in [-0.2, -0.15) is 13.2 Å². The number of hydrogen-bond donors (Lipinski definition) is 1. The monoisotopic (exact) mass is 252 g/mol. The highest BCUT2D eigenvalue weighted by molar-refractivity contribution is 5.78. The fraction of sp³-hybridized carbons (Fsp3) is 0.909. The van der Waals surface area contributed by atoms with Crippen LogP contribution in [0.1, 0.15) is 32.1 Å². The molecule has 0 aromatic rings. The molecule has 1 aliphatic heterocycles. The Morgan fingerprint density at radius 3 is 2.41 bits per heavy atom. The Morgan fingerprint density at radius 1 is 1.18 bits per heavy atom. The number of unbranched alkanes of at least 4 members (excludes halogenated alkanes) is 1. The van der Waals surface area contributed by atoms with Crippen LogP contribution in [0.15, 0.2) is 0 Å². The summed E-state index contributed by atoms with van der Waals surface area (Å²) in [6.45, 7) is 2.34. The van der Waals surface area contributed by atoms with Gasteiger partial charge >= 0.3 is 6.18 Å². The molecule has 0 unspecified atom stereocenters. The Balaban J connectivity index is 1.95. The molecule has 0 atom stereocenters. The summed E-state index contributed by atoms with van der Waals surface area (Å²) >= 11 is 0. The quantitative estimate of drug-likeness (QED) is 0.733. The molecule has 1 aliphatic rings. The van der Waals surface area contributed by atoms with Crippen LogP contribution in [0.25, 0.3) is 0 Å². The van der Waals surface area contributed by atoms with Crippen molar-refractivity contribution in [3.8, 4) is 0 Å². The SMILES string of the molecule is O=C(CNCCCCC(F)(F)F)N1CCCC1. The lowest BCUT2D eigenvalue weighted by molar-refractivity contribution is -0.135. The van der Waals surface area contributed by atoms with Crippen LogP contribution >= 0.6 is 0 Å². The van der Waals surface area contributed by atoms with Gasteiger partial charge in [0.05, 0.1) is 6.54 Å². The third kappa shape index (κ3) is 6.51. The van der Waals surface area contributed by atoms with E-state index in [9.17, 15) is 18.0 Å². The molecule has 0 aromatic heterocycles. The third-order valence-corrected chi connectivity index (χ3v) is 2.80. The number of alkyl halides is 3. The largest absolute Gasteiger partial charge is 0.389 e. The smallest absolute Gasteiger partial charge is 0.342 e. The van der Waals surface area contributed by atoms with Crippen LogP contribution in [0, 0.1) is 0 Å². The van der Waals surface area contributed by atoms with Gasteiger partial charge in [-0.25, -0.2) is 0 Å². The maximum Gasteiger partial charge on any atom is 0.389 e. The zero-order chi connectivity index (χ0) is 12.7. The number of amides is 1. The maximum absolute atomic E-state index is 11.8. The van der Waals surface area contributed by atoms with Crippen LogP contribution < -0.4 is 5.32 Å². The number of nitrogens with one attached hydrogen (secondary N) is 1. The molecule has 1 amide bonds. The lowest BCUT2D eigenvalue weighted by Gasteiger charge is -2.15. The highest BCUT2D eigenvalue weighted by atomic mass is 19.4. The van der Waals surface area contributed by atoms with E-state index in [-0.39, 0.29) is 18.9 Å². The molecular weight excluding hydrogens is 233 g/mol. The summed E-state index contributed by atoms with van der Waals surface area (Å²) in [5.41, 5.74) is 0. The molecule has 6 heteroatoms. The van der Waals surface area contributed by atoms with Crippen molar-refractivity contribution in [3.63, 3.8) is 0 Å². The Morgan fingerprint density at radius 2 is 1.82 bits per heavy atom. The number of nitrogens with zero attached hydrogens (tertiary/aromatic N) is 1. The van der Waals surface area contributed by atoms with Crippen LogP contribution in [0.3, 0.4) is 0 Å². The number of rotatable bonds is 6. The standard InChI is InChI=1S/C11H19F3N2O/c12-11(13,14)5-1-2-6-15-9-10(17)16-7-3-4-8-16/h15H,1-9H2. The fourth-order valence-electron chi connectivity index (χ4n) is 1.85. The van der Waals surface area contributed by atoms with E-state index in [1.807, 2.05) is 0 Å². The van der Waals surface area contributed by atoms with E-state index in [0.717, 1.165) is 25.9 Å². The molecular formula is C11H19F3N2O. The van der Waals surface area contributed by atoms with Gasteiger partial charge in [-0.3, -0.25) is 4.79 Å². The molecule has 0 radical (unpaired) electrons. The summed E-state index contributed by atoms with van der Waals surface area (Å²) in [5.74, 6) is 0.0540. The van der Waals surface area contributed by atoms with Crippen molar-refractivity contribution >= 4 is 5.91 Å². The number of carbonyl (C=O) groups excluding carboxylic acids is 1. The van der Waals surface area contributed by atoms with Crippen molar-refractivity contribution in [3.05, 3.63) is 0 Å². The normalized spacial score (nSPS) is 16.5. The summed E-state index contributed by atoms with van der Waals surface area (Å²) < 4.78 is 35.4. The zero-order valence-electron chi connectivity index (χ0n) is 9.85. The number of hydrogen-bond acceptors (Lipinski definition) is 2. The maximum atomic E-state index is 11.8. The van der Waals surface area contributed by atoms with E-state index in [1.54, 1.807) is 4.90 Å². The van der Waals surface area contributed by atoms with Crippen LogP contribution in [0.4, 0.5) is 13.2 Å². The van der Waals surface area contributed by atoms with Crippen LogP contribution in [-0.2, 0) is 4.79 Å². The Labute approximate surface area is 99.4 Å². The molecule has 1 saturated heterocycles. The van der Waals surface area contributed by atoms with Crippen molar-refractivity contribution in [1.29, 1.82) is 0 Å². The zero-order valence-corrected chi connectivity index (χ0v) is 9.85. The lowest BCUT2D eigenvalue weighted by atomic mass is 10.2. The highest BCUT2D eigenvalue weighted by Crippen LogP contribution is 2.21. The second kappa shape index (κ2) is 6.83. The second-order valence-electron chi connectivity index (χ2n) is 4.34. The minimum absolute atomic E-state index is 0.0540. The van der Waals surface area contributed by atoms with Gasteiger partial charge in [0.1, 0.15) is 0 Å². The van der Waals surface area contributed by atoms with Crippen molar-refractivity contribution < 1.29 is 18.0 Å². The first-order chi connectivity index (χ1) is 7.99. The van der Waals surface area contributed by atoms with E-state index in [2.05, 4.69) is 5.32 Å². The van der Waals surface area contributed by atoms with Gasteiger partial charge in [0, 0.05) is 19.5 Å². The summed E-state index contributed by atoms with van der Waals surface area (Å²) in [6.07, 6.45) is -2.13. The summed E-state index contributed by atoms with van der Waals surface area (Å²) in [7, 11) is 0. The van der Waals surface area contributed by atoms with E-state index >= 15 is 0 Å². The van der Waals surface area contributed by atoms with Gasteiger partial charge in [0.15, 0.2) is 0 Å². The van der Waals surface area contributed by atoms with E-state index in [0.29, 0.717) is 13.0 Å². The minimum Gasteiger partial charge on any atom is -0.342 e. The molecule has 17 heavy (non-hydrogen) atoms. The van der Waals surface area contributed by atoms with E-state index < -0.39 is 12.6 Å².